The molecular weight excluding hydrogens is 120 g/mol. The van der Waals surface area contributed by atoms with Gasteiger partial charge < -0.3 is 15.3 Å². The number of aliphatic hydroxyl groups excluding tert-OH is 3. The summed E-state index contributed by atoms with van der Waals surface area (Å²) in [6, 6.07) is 0. The highest BCUT2D eigenvalue weighted by Crippen LogP contribution is 2.18. The van der Waals surface area contributed by atoms with E-state index in [9.17, 15) is 0 Å². The molecule has 3 heteroatoms. The van der Waals surface area contributed by atoms with E-state index in [1.807, 2.05) is 0 Å². The van der Waals surface area contributed by atoms with E-state index in [1.54, 1.807) is 0 Å². The van der Waals surface area contributed by atoms with E-state index in [1.165, 1.54) is 0 Å². The molecule has 1 aliphatic carbocycles. The van der Waals surface area contributed by atoms with Gasteiger partial charge in [-0.05, 0) is 19.3 Å². The maximum Gasteiger partial charge on any atom is 0.106 e. The molecule has 0 aromatic rings. The van der Waals surface area contributed by atoms with Crippen LogP contribution in [-0.4, -0.2) is 33.6 Å². The maximum atomic E-state index is 8.95. The maximum absolute atomic E-state index is 8.95. The highest BCUT2D eigenvalue weighted by atomic mass is 16.4. The number of rotatable bonds is 0. The van der Waals surface area contributed by atoms with Crippen molar-refractivity contribution in [2.45, 2.75) is 37.6 Å². The van der Waals surface area contributed by atoms with Gasteiger partial charge in [0.15, 0.2) is 0 Å². The van der Waals surface area contributed by atoms with Crippen LogP contribution in [-0.2, 0) is 0 Å². The molecule has 1 fully saturated rings. The van der Waals surface area contributed by atoms with Crippen LogP contribution in [0.2, 0.25) is 0 Å². The fourth-order valence-electron chi connectivity index (χ4n) is 1.13. The molecule has 0 aliphatic heterocycles. The minimum Gasteiger partial charge on any atom is -0.390 e. The summed E-state index contributed by atoms with van der Waals surface area (Å²) < 4.78 is 0. The molecule has 2 unspecified atom stereocenters. The van der Waals surface area contributed by atoms with Crippen LogP contribution in [0, 0.1) is 0 Å². The molecule has 1 rings (SSSR count). The zero-order valence-corrected chi connectivity index (χ0v) is 5.20. The van der Waals surface area contributed by atoms with Gasteiger partial charge in [0.2, 0.25) is 0 Å². The quantitative estimate of drug-likeness (QED) is 0.406. The average molecular weight is 132 g/mol. The van der Waals surface area contributed by atoms with Crippen molar-refractivity contribution >= 4 is 0 Å². The van der Waals surface area contributed by atoms with Gasteiger partial charge in [0.25, 0.3) is 0 Å². The van der Waals surface area contributed by atoms with E-state index in [0.717, 1.165) is 6.42 Å². The smallest absolute Gasteiger partial charge is 0.106 e. The zero-order valence-electron chi connectivity index (χ0n) is 5.20. The molecule has 0 aromatic heterocycles. The molecule has 3 N–H and O–H groups in total. The first kappa shape index (κ1) is 6.99. The average Bonchev–Trinajstić information content (AvgIpc) is 1.83. The Morgan fingerprint density at radius 1 is 0.889 bits per heavy atom. The molecule has 1 aliphatic rings. The van der Waals surface area contributed by atoms with E-state index < -0.39 is 18.3 Å². The Kier molecular flexibility index (Phi) is 2.05. The molecule has 0 radical (unpaired) electrons. The second kappa shape index (κ2) is 2.64. The summed E-state index contributed by atoms with van der Waals surface area (Å²) in [4.78, 5) is 0. The fourth-order valence-corrected chi connectivity index (χ4v) is 1.13. The van der Waals surface area contributed by atoms with Crippen molar-refractivity contribution in [3.8, 4) is 0 Å². The van der Waals surface area contributed by atoms with Crippen LogP contribution in [0.15, 0.2) is 0 Å². The van der Waals surface area contributed by atoms with E-state index in [2.05, 4.69) is 0 Å². The van der Waals surface area contributed by atoms with Crippen LogP contribution in [0.5, 0.6) is 0 Å². The summed E-state index contributed by atoms with van der Waals surface area (Å²) in [5.41, 5.74) is 0. The molecule has 3 atom stereocenters. The minimum absolute atomic E-state index is 0.609. The third-order valence-electron chi connectivity index (χ3n) is 1.79. The van der Waals surface area contributed by atoms with Gasteiger partial charge in [-0.1, -0.05) is 0 Å². The van der Waals surface area contributed by atoms with Crippen LogP contribution in [0.3, 0.4) is 0 Å². The van der Waals surface area contributed by atoms with Crippen molar-refractivity contribution in [3.05, 3.63) is 0 Å². The number of hydrogen-bond acceptors (Lipinski definition) is 3. The molecule has 54 valence electrons. The summed E-state index contributed by atoms with van der Waals surface area (Å²) in [6.45, 7) is 0. The standard InChI is InChI=1S/C6H12O3/c7-4-2-1-3-5(8)6(4)9/h4-9H,1-3H2/t4-,5?,6?/m0/s1. The largest absolute Gasteiger partial charge is 0.390 e. The molecule has 0 amide bonds. The minimum atomic E-state index is -0.918. The third-order valence-corrected chi connectivity index (χ3v) is 1.79. The first-order valence-corrected chi connectivity index (χ1v) is 3.26. The van der Waals surface area contributed by atoms with Gasteiger partial charge in [-0.2, -0.15) is 0 Å². The summed E-state index contributed by atoms with van der Waals surface area (Å²) in [5, 5.41) is 26.8. The molecule has 1 saturated carbocycles. The Balaban J connectivity index is 2.41. The predicted molar refractivity (Wildman–Crippen MR) is 31.9 cm³/mol. The Hall–Kier alpha value is -0.120. The molecule has 9 heavy (non-hydrogen) atoms. The normalized spacial score (nSPS) is 45.0. The van der Waals surface area contributed by atoms with Gasteiger partial charge >= 0.3 is 0 Å². The lowest BCUT2D eigenvalue weighted by atomic mass is 9.92. The van der Waals surface area contributed by atoms with Crippen LogP contribution < -0.4 is 0 Å². The first-order valence-electron chi connectivity index (χ1n) is 3.26. The molecule has 0 aromatic carbocycles. The number of aliphatic hydroxyl groups is 3. The highest BCUT2D eigenvalue weighted by Gasteiger charge is 2.28. The second-order valence-corrected chi connectivity index (χ2v) is 2.56. The van der Waals surface area contributed by atoms with Crippen molar-refractivity contribution in [2.75, 3.05) is 0 Å². The predicted octanol–water partition coefficient (Wildman–Crippen LogP) is -0.747. The Bertz CT molecular complexity index is 84.3. The Morgan fingerprint density at radius 3 is 1.67 bits per heavy atom. The van der Waals surface area contributed by atoms with Crippen molar-refractivity contribution in [2.24, 2.45) is 0 Å². The first-order chi connectivity index (χ1) is 4.22. The van der Waals surface area contributed by atoms with Gasteiger partial charge in [0, 0.05) is 0 Å². The van der Waals surface area contributed by atoms with Crippen LogP contribution in [0.25, 0.3) is 0 Å². The Morgan fingerprint density at radius 2 is 1.33 bits per heavy atom. The van der Waals surface area contributed by atoms with Crippen LogP contribution >= 0.6 is 0 Å². The molecule has 0 saturated heterocycles. The second-order valence-electron chi connectivity index (χ2n) is 2.56. The Labute approximate surface area is 53.9 Å². The highest BCUT2D eigenvalue weighted by molar-refractivity contribution is 4.80. The topological polar surface area (TPSA) is 60.7 Å². The van der Waals surface area contributed by atoms with Gasteiger partial charge in [0.1, 0.15) is 6.10 Å². The van der Waals surface area contributed by atoms with Crippen molar-refractivity contribution in [3.63, 3.8) is 0 Å². The van der Waals surface area contributed by atoms with E-state index in [0.29, 0.717) is 12.8 Å². The van der Waals surface area contributed by atoms with Crippen molar-refractivity contribution in [1.82, 2.24) is 0 Å². The number of hydrogen-bond donors (Lipinski definition) is 3. The van der Waals surface area contributed by atoms with Crippen LogP contribution in [0.4, 0.5) is 0 Å². The molecule has 0 heterocycles. The lowest BCUT2D eigenvalue weighted by Gasteiger charge is -2.27. The van der Waals surface area contributed by atoms with Gasteiger partial charge in [-0.3, -0.25) is 0 Å². The lowest BCUT2D eigenvalue weighted by Crippen LogP contribution is -2.40. The molecule has 0 spiro atoms. The van der Waals surface area contributed by atoms with Gasteiger partial charge in [-0.25, -0.2) is 0 Å². The summed E-state index contributed by atoms with van der Waals surface area (Å²) in [7, 11) is 0. The molecule has 3 nitrogen and oxygen atoms in total. The monoisotopic (exact) mass is 132 g/mol. The van der Waals surface area contributed by atoms with Crippen LogP contribution in [0.1, 0.15) is 19.3 Å². The lowest BCUT2D eigenvalue weighted by molar-refractivity contribution is -0.0843. The fraction of sp³-hybridized carbons (Fsp3) is 1.00. The van der Waals surface area contributed by atoms with Crippen molar-refractivity contribution in [1.29, 1.82) is 0 Å². The summed E-state index contributed by atoms with van der Waals surface area (Å²) >= 11 is 0. The van der Waals surface area contributed by atoms with Gasteiger partial charge in [-0.15, -0.1) is 0 Å². The van der Waals surface area contributed by atoms with Gasteiger partial charge in [0.05, 0.1) is 12.2 Å². The molecule has 0 bridgehead atoms. The van der Waals surface area contributed by atoms with E-state index >= 15 is 0 Å². The van der Waals surface area contributed by atoms with E-state index in [-0.39, 0.29) is 0 Å². The third kappa shape index (κ3) is 1.41. The SMILES string of the molecule is OC1CCC[C@H](O)C1O. The molecular formula is C6H12O3. The van der Waals surface area contributed by atoms with E-state index in [4.69, 9.17) is 15.3 Å². The zero-order chi connectivity index (χ0) is 6.85. The summed E-state index contributed by atoms with van der Waals surface area (Å²) in [5.74, 6) is 0. The van der Waals surface area contributed by atoms with Crippen molar-refractivity contribution < 1.29 is 15.3 Å². The summed E-state index contributed by atoms with van der Waals surface area (Å²) in [6.07, 6.45) is -0.322.